The summed E-state index contributed by atoms with van der Waals surface area (Å²) in [5, 5.41) is 0. The van der Waals surface area contributed by atoms with E-state index in [1.54, 1.807) is 8.58 Å². The third kappa shape index (κ3) is 8.93. The molecule has 37 valence electrons. The van der Waals surface area contributed by atoms with E-state index in [1.807, 2.05) is 0 Å². The summed E-state index contributed by atoms with van der Waals surface area (Å²) >= 11 is 0. The van der Waals surface area contributed by atoms with Gasteiger partial charge in [0, 0.05) is 21.1 Å². The number of hydrogen-bond donors (Lipinski definition) is 0. The van der Waals surface area contributed by atoms with E-state index in [9.17, 15) is 0 Å². The van der Waals surface area contributed by atoms with Crippen LogP contribution in [0.2, 0.25) is 0 Å². The predicted molar refractivity (Wildman–Crippen MR) is 28.0 cm³/mol. The number of rotatable bonds is 2. The van der Waals surface area contributed by atoms with Crippen LogP contribution in [0, 0.1) is 0 Å². The molecule has 0 saturated carbocycles. The summed E-state index contributed by atoms with van der Waals surface area (Å²) in [5.41, 5.74) is 0. The van der Waals surface area contributed by atoms with Crippen LogP contribution in [0.1, 0.15) is 13.8 Å². The second kappa shape index (κ2) is 9.45. The van der Waals surface area contributed by atoms with E-state index in [4.69, 9.17) is 0 Å². The monoisotopic (exact) mass is 187 g/mol. The average Bonchev–Trinajstić information content (AvgIpc) is 1.41. The average molecular weight is 185 g/mol. The Balaban J connectivity index is 0. The van der Waals surface area contributed by atoms with E-state index in [0.29, 0.717) is 0 Å². The zero-order valence-electron chi connectivity index (χ0n) is 4.27. The second-order valence-corrected chi connectivity index (χ2v) is 2.57. The van der Waals surface area contributed by atoms with E-state index in [0.717, 1.165) is 0 Å². The van der Waals surface area contributed by atoms with Crippen LogP contribution < -0.4 is 0 Å². The molecule has 1 radical (unpaired) electrons. The van der Waals surface area contributed by atoms with Crippen LogP contribution in [0.5, 0.6) is 0 Å². The molecule has 0 fully saturated rings. The van der Waals surface area contributed by atoms with E-state index in [-0.39, 0.29) is 21.1 Å². The van der Waals surface area contributed by atoms with Crippen LogP contribution in [0.3, 0.4) is 0 Å². The molecule has 0 aromatic heterocycles. The van der Waals surface area contributed by atoms with Gasteiger partial charge in [0.25, 0.3) is 0 Å². The van der Waals surface area contributed by atoms with Gasteiger partial charge in [0.15, 0.2) is 0 Å². The van der Waals surface area contributed by atoms with Crippen molar-refractivity contribution in [2.45, 2.75) is 13.8 Å². The first-order chi connectivity index (χ1) is 2.41. The molecule has 0 N–H and O–H groups in total. The summed E-state index contributed by atoms with van der Waals surface area (Å²) in [5.74, 6) is 0. The summed E-state index contributed by atoms with van der Waals surface area (Å²) in [7, 11) is 1.58. The summed E-state index contributed by atoms with van der Waals surface area (Å²) in [6.45, 7) is 4.40. The predicted octanol–water partition coefficient (Wildman–Crippen LogP) is 1.97. The summed E-state index contributed by atoms with van der Waals surface area (Å²) < 4.78 is 0. The van der Waals surface area contributed by atoms with Gasteiger partial charge in [0.1, 0.15) is 0 Å². The fourth-order valence-corrected chi connectivity index (χ4v) is 0.671. The maximum Gasteiger partial charge on any atom is 0 e. The fourth-order valence-electron chi connectivity index (χ4n) is 0.224. The first-order valence-corrected chi connectivity index (χ1v) is 3.31. The minimum Gasteiger partial charge on any atom is -0.0816 e. The van der Waals surface area contributed by atoms with Crippen molar-refractivity contribution < 1.29 is 21.1 Å². The fraction of sp³-hybridized carbons (Fsp3) is 1.00. The quantitative estimate of drug-likeness (QED) is 0.455. The van der Waals surface area contributed by atoms with E-state index in [2.05, 4.69) is 13.8 Å². The molecule has 0 atom stereocenters. The van der Waals surface area contributed by atoms with Crippen molar-refractivity contribution in [3.63, 3.8) is 0 Å². The molecule has 0 nitrogen and oxygen atoms in total. The SMILES string of the molecule is CC[P]CC.[Mo]. The van der Waals surface area contributed by atoms with Gasteiger partial charge in [0.2, 0.25) is 0 Å². The molecule has 0 saturated heterocycles. The Morgan fingerprint density at radius 2 is 1.50 bits per heavy atom. The van der Waals surface area contributed by atoms with Gasteiger partial charge in [0.05, 0.1) is 0 Å². The molecule has 6 heavy (non-hydrogen) atoms. The van der Waals surface area contributed by atoms with Crippen LogP contribution in [-0.4, -0.2) is 12.3 Å². The van der Waals surface area contributed by atoms with Crippen LogP contribution in [0.25, 0.3) is 0 Å². The third-order valence-corrected chi connectivity index (χ3v) is 1.34. The summed E-state index contributed by atoms with van der Waals surface area (Å²) in [6.07, 6.45) is 2.63. The zero-order chi connectivity index (χ0) is 4.12. The molecule has 0 aromatic carbocycles. The van der Waals surface area contributed by atoms with Gasteiger partial charge in [-0.15, -0.1) is 0 Å². The van der Waals surface area contributed by atoms with Crippen LogP contribution in [0.4, 0.5) is 0 Å². The van der Waals surface area contributed by atoms with Crippen LogP contribution in [-0.2, 0) is 21.1 Å². The molecule has 0 rings (SSSR count). The van der Waals surface area contributed by atoms with Gasteiger partial charge in [-0.25, -0.2) is 0 Å². The van der Waals surface area contributed by atoms with Gasteiger partial charge < -0.3 is 0 Å². The smallest absolute Gasteiger partial charge is 0 e. The first-order valence-electron chi connectivity index (χ1n) is 2.05. The van der Waals surface area contributed by atoms with Crippen LogP contribution in [0.15, 0.2) is 0 Å². The molecule has 0 unspecified atom stereocenters. The van der Waals surface area contributed by atoms with Crippen molar-refractivity contribution in [1.82, 2.24) is 0 Å². The van der Waals surface area contributed by atoms with E-state index in [1.165, 1.54) is 12.3 Å². The minimum atomic E-state index is 0. The Hall–Kier alpha value is 1.12. The maximum absolute atomic E-state index is 2.20. The first kappa shape index (κ1) is 10.2. The van der Waals surface area contributed by atoms with E-state index < -0.39 is 0 Å². The van der Waals surface area contributed by atoms with Crippen molar-refractivity contribution in [2.24, 2.45) is 0 Å². The Kier molecular flexibility index (Phi) is 16.0. The van der Waals surface area contributed by atoms with Crippen molar-refractivity contribution in [1.29, 1.82) is 0 Å². The van der Waals surface area contributed by atoms with Gasteiger partial charge in [-0.05, 0) is 12.3 Å². The molecule has 0 spiro atoms. The molecule has 0 heterocycles. The van der Waals surface area contributed by atoms with Gasteiger partial charge in [-0.3, -0.25) is 0 Å². The Morgan fingerprint density at radius 1 is 1.17 bits per heavy atom. The molecule has 0 aliphatic carbocycles. The van der Waals surface area contributed by atoms with E-state index >= 15 is 0 Å². The van der Waals surface area contributed by atoms with Gasteiger partial charge in [-0.1, -0.05) is 22.4 Å². The molecule has 0 aliphatic rings. The molecule has 2 heteroatoms. The largest absolute Gasteiger partial charge is 0.0816 e. The second-order valence-electron chi connectivity index (χ2n) is 0.856. The van der Waals surface area contributed by atoms with Gasteiger partial charge >= 0.3 is 0 Å². The molecular weight excluding hydrogens is 175 g/mol. The summed E-state index contributed by atoms with van der Waals surface area (Å²) in [4.78, 5) is 0. The standard InChI is InChI=1S/C4H10P.Mo/c1-3-5-4-2;/h3-4H2,1-2H3;. The van der Waals surface area contributed by atoms with Gasteiger partial charge in [-0.2, -0.15) is 0 Å². The van der Waals surface area contributed by atoms with Crippen LogP contribution >= 0.6 is 8.58 Å². The Labute approximate surface area is 56.1 Å². The Bertz CT molecular complexity index is 15.0. The molecular formula is C4H10MoP. The normalized spacial score (nSPS) is 7.00. The third-order valence-electron chi connectivity index (χ3n) is 0.447. The van der Waals surface area contributed by atoms with Crippen molar-refractivity contribution >= 4 is 8.58 Å². The topological polar surface area (TPSA) is 0 Å². The van der Waals surface area contributed by atoms with Crippen molar-refractivity contribution in [3.8, 4) is 0 Å². The minimum absolute atomic E-state index is 0. The van der Waals surface area contributed by atoms with Crippen molar-refractivity contribution in [3.05, 3.63) is 0 Å². The zero-order valence-corrected chi connectivity index (χ0v) is 7.17. The molecule has 0 amide bonds. The summed E-state index contributed by atoms with van der Waals surface area (Å²) in [6, 6.07) is 0. The van der Waals surface area contributed by atoms with Crippen molar-refractivity contribution in [2.75, 3.05) is 12.3 Å². The number of hydrogen-bond acceptors (Lipinski definition) is 0. The Morgan fingerprint density at radius 3 is 1.50 bits per heavy atom. The molecule has 0 aromatic rings. The molecule has 0 bridgehead atoms. The maximum atomic E-state index is 2.20. The molecule has 0 aliphatic heterocycles.